The third-order valence-electron chi connectivity index (χ3n) is 7.18. The zero-order valence-corrected chi connectivity index (χ0v) is 20.8. The summed E-state index contributed by atoms with van der Waals surface area (Å²) in [5.41, 5.74) is 2.09. The van der Waals surface area contributed by atoms with Crippen LogP contribution >= 0.6 is 0 Å². The lowest BCUT2D eigenvalue weighted by Gasteiger charge is -2.26. The van der Waals surface area contributed by atoms with Gasteiger partial charge in [0.2, 0.25) is 0 Å². The summed E-state index contributed by atoms with van der Waals surface area (Å²) in [4.78, 5) is 19.6. The summed E-state index contributed by atoms with van der Waals surface area (Å²) >= 11 is 0. The third-order valence-corrected chi connectivity index (χ3v) is 7.18. The van der Waals surface area contributed by atoms with E-state index in [0.29, 0.717) is 41.3 Å². The second kappa shape index (κ2) is 11.1. The Morgan fingerprint density at radius 1 is 1.00 bits per heavy atom. The summed E-state index contributed by atoms with van der Waals surface area (Å²) in [6.07, 6.45) is 2.82. The molecule has 7 heteroatoms. The lowest BCUT2D eigenvalue weighted by molar-refractivity contribution is -0.137. The Labute approximate surface area is 215 Å². The molecule has 0 radical (unpaired) electrons. The number of aromatic nitrogens is 1. The predicted molar refractivity (Wildman–Crippen MR) is 136 cm³/mol. The van der Waals surface area contributed by atoms with E-state index < -0.39 is 17.7 Å². The summed E-state index contributed by atoms with van der Waals surface area (Å²) in [6.45, 7) is 3.04. The fourth-order valence-electron chi connectivity index (χ4n) is 5.00. The molecule has 0 amide bonds. The molecule has 3 aromatic rings. The quantitative estimate of drug-likeness (QED) is 0.311. The average molecular weight is 509 g/mol. The van der Waals surface area contributed by atoms with Crippen LogP contribution in [0.4, 0.5) is 13.2 Å². The number of pyridine rings is 1. The molecule has 2 aliphatic rings. The van der Waals surface area contributed by atoms with Crippen molar-refractivity contribution in [3.05, 3.63) is 88.6 Å². The van der Waals surface area contributed by atoms with Crippen LogP contribution in [0.5, 0.6) is 0 Å². The number of benzene rings is 2. The Kier molecular flexibility index (Phi) is 7.60. The van der Waals surface area contributed by atoms with Crippen LogP contribution in [-0.4, -0.2) is 42.1 Å². The van der Waals surface area contributed by atoms with E-state index in [1.165, 1.54) is 25.5 Å². The van der Waals surface area contributed by atoms with Gasteiger partial charge < -0.3 is 4.74 Å². The van der Waals surface area contributed by atoms with Gasteiger partial charge in [-0.2, -0.15) is 13.2 Å². The molecule has 37 heavy (non-hydrogen) atoms. The SMILES string of the molecule is O=C(OCCN1CCCCC1)c1cc(C2CC2)ccc1Cc1cnc(-c2ccccc2)c(C(F)(F)F)c1. The molecule has 4 nitrogen and oxygen atoms in total. The largest absolute Gasteiger partial charge is 0.461 e. The maximum atomic E-state index is 14.0. The molecule has 1 saturated heterocycles. The first-order chi connectivity index (χ1) is 17.9. The van der Waals surface area contributed by atoms with E-state index in [1.807, 2.05) is 18.2 Å². The number of nitrogens with zero attached hydrogens (tertiary/aromatic N) is 2. The molecular formula is C30H31F3N2O2. The molecule has 2 aromatic carbocycles. The molecular weight excluding hydrogens is 477 g/mol. The van der Waals surface area contributed by atoms with Crippen molar-refractivity contribution in [2.45, 2.75) is 50.6 Å². The van der Waals surface area contributed by atoms with Gasteiger partial charge in [0.15, 0.2) is 0 Å². The molecule has 2 fully saturated rings. The Balaban J connectivity index is 1.38. The van der Waals surface area contributed by atoms with Crippen LogP contribution in [0.15, 0.2) is 60.8 Å². The maximum Gasteiger partial charge on any atom is 0.418 e. The molecule has 1 aromatic heterocycles. The van der Waals surface area contributed by atoms with Crippen LogP contribution in [-0.2, 0) is 17.3 Å². The Hall–Kier alpha value is -3.19. The number of ether oxygens (including phenoxy) is 1. The molecule has 0 atom stereocenters. The van der Waals surface area contributed by atoms with Crippen LogP contribution in [0, 0.1) is 0 Å². The first-order valence-electron chi connectivity index (χ1n) is 13.0. The number of carbonyl (C=O) groups excluding carboxylic acids is 1. The van der Waals surface area contributed by atoms with Gasteiger partial charge in [0, 0.05) is 18.3 Å². The van der Waals surface area contributed by atoms with Crippen molar-refractivity contribution in [2.24, 2.45) is 0 Å². The number of likely N-dealkylation sites (tertiary alicyclic amines) is 1. The summed E-state index contributed by atoms with van der Waals surface area (Å²) in [6, 6.07) is 15.2. The van der Waals surface area contributed by atoms with Gasteiger partial charge in [-0.3, -0.25) is 9.88 Å². The van der Waals surface area contributed by atoms with Crippen molar-refractivity contribution in [1.82, 2.24) is 9.88 Å². The smallest absolute Gasteiger partial charge is 0.418 e. The summed E-state index contributed by atoms with van der Waals surface area (Å²) in [5, 5.41) is 0. The second-order valence-corrected chi connectivity index (χ2v) is 10.0. The molecule has 1 saturated carbocycles. The number of hydrogen-bond donors (Lipinski definition) is 0. The Bertz CT molecular complexity index is 1230. The lowest BCUT2D eigenvalue weighted by Crippen LogP contribution is -2.33. The average Bonchev–Trinajstić information content (AvgIpc) is 3.75. The zero-order valence-electron chi connectivity index (χ0n) is 20.8. The minimum atomic E-state index is -4.56. The first kappa shape index (κ1) is 25.5. The van der Waals surface area contributed by atoms with Gasteiger partial charge in [-0.25, -0.2) is 4.79 Å². The van der Waals surface area contributed by atoms with Gasteiger partial charge in [0.1, 0.15) is 6.61 Å². The maximum absolute atomic E-state index is 14.0. The number of halogens is 3. The van der Waals surface area contributed by atoms with Gasteiger partial charge >= 0.3 is 12.1 Å². The number of hydrogen-bond acceptors (Lipinski definition) is 4. The Morgan fingerprint density at radius 3 is 2.46 bits per heavy atom. The van der Waals surface area contributed by atoms with E-state index in [0.717, 1.165) is 37.6 Å². The molecule has 0 unspecified atom stereocenters. The summed E-state index contributed by atoms with van der Waals surface area (Å²) in [5.74, 6) is 0.0250. The van der Waals surface area contributed by atoms with Crippen LogP contribution in [0.2, 0.25) is 0 Å². The number of esters is 1. The zero-order chi connectivity index (χ0) is 25.8. The molecule has 1 aliphatic heterocycles. The van der Waals surface area contributed by atoms with Crippen molar-refractivity contribution >= 4 is 5.97 Å². The van der Waals surface area contributed by atoms with Crippen molar-refractivity contribution in [1.29, 1.82) is 0 Å². The molecule has 2 heterocycles. The Morgan fingerprint density at radius 2 is 1.76 bits per heavy atom. The minimum absolute atomic E-state index is 0.0988. The molecule has 5 rings (SSSR count). The van der Waals surface area contributed by atoms with Gasteiger partial charge in [-0.1, -0.05) is 48.9 Å². The van der Waals surface area contributed by atoms with Crippen molar-refractivity contribution < 1.29 is 22.7 Å². The van der Waals surface area contributed by atoms with E-state index in [4.69, 9.17) is 4.74 Å². The van der Waals surface area contributed by atoms with E-state index in [9.17, 15) is 18.0 Å². The number of rotatable bonds is 8. The van der Waals surface area contributed by atoms with Crippen molar-refractivity contribution in [3.8, 4) is 11.3 Å². The summed E-state index contributed by atoms with van der Waals surface area (Å²) < 4.78 is 47.6. The number of piperidine rings is 1. The van der Waals surface area contributed by atoms with Crippen LogP contribution in [0.3, 0.4) is 0 Å². The van der Waals surface area contributed by atoms with Crippen molar-refractivity contribution in [3.63, 3.8) is 0 Å². The highest BCUT2D eigenvalue weighted by atomic mass is 19.4. The van der Waals surface area contributed by atoms with Gasteiger partial charge in [-0.15, -0.1) is 0 Å². The monoisotopic (exact) mass is 508 g/mol. The summed E-state index contributed by atoms with van der Waals surface area (Å²) in [7, 11) is 0. The molecule has 1 aliphatic carbocycles. The second-order valence-electron chi connectivity index (χ2n) is 10.0. The fraction of sp³-hybridized carbons (Fsp3) is 0.400. The van der Waals surface area contributed by atoms with Crippen molar-refractivity contribution in [2.75, 3.05) is 26.2 Å². The molecule has 0 spiro atoms. The normalized spacial score (nSPS) is 16.5. The number of alkyl halides is 3. The first-order valence-corrected chi connectivity index (χ1v) is 13.0. The number of carbonyl (C=O) groups is 1. The highest BCUT2D eigenvalue weighted by Gasteiger charge is 2.35. The van der Waals surface area contributed by atoms with E-state index in [1.54, 1.807) is 30.3 Å². The topological polar surface area (TPSA) is 42.4 Å². The standard InChI is InChI=1S/C30H31F3N2O2/c31-30(32,33)27-18-21(20-34-28(27)23-7-3-1-4-8-23)17-25-12-11-24(22-9-10-22)19-26(25)29(36)37-16-15-35-13-5-2-6-14-35/h1,3-4,7-8,11-12,18-20,22H,2,5-6,9-10,13-17H2. The predicted octanol–water partition coefficient (Wildman–Crippen LogP) is 6.88. The van der Waals surface area contributed by atoms with E-state index in [2.05, 4.69) is 9.88 Å². The van der Waals surface area contributed by atoms with Gasteiger partial charge in [-0.05, 0) is 79.9 Å². The lowest BCUT2D eigenvalue weighted by atomic mass is 9.95. The van der Waals surface area contributed by atoms with Crippen LogP contribution in [0.1, 0.15) is 70.6 Å². The van der Waals surface area contributed by atoms with Gasteiger partial charge in [0.25, 0.3) is 0 Å². The molecule has 194 valence electrons. The van der Waals surface area contributed by atoms with Crippen LogP contribution < -0.4 is 0 Å². The minimum Gasteiger partial charge on any atom is -0.461 e. The fourth-order valence-corrected chi connectivity index (χ4v) is 5.00. The van der Waals surface area contributed by atoms with Gasteiger partial charge in [0.05, 0.1) is 16.8 Å². The third kappa shape index (κ3) is 6.39. The molecule has 0 bridgehead atoms. The highest BCUT2D eigenvalue weighted by Crippen LogP contribution is 2.41. The van der Waals surface area contributed by atoms with E-state index in [-0.39, 0.29) is 12.1 Å². The van der Waals surface area contributed by atoms with E-state index >= 15 is 0 Å². The van der Waals surface area contributed by atoms with Crippen LogP contribution in [0.25, 0.3) is 11.3 Å². The molecule has 0 N–H and O–H groups in total. The highest BCUT2D eigenvalue weighted by molar-refractivity contribution is 5.91.